The van der Waals surface area contributed by atoms with E-state index in [9.17, 15) is 4.79 Å². The van der Waals surface area contributed by atoms with Gasteiger partial charge in [0.2, 0.25) is 0 Å². The van der Waals surface area contributed by atoms with E-state index in [0.29, 0.717) is 16.3 Å². The summed E-state index contributed by atoms with van der Waals surface area (Å²) in [7, 11) is 0. The number of carbonyl (C=O) groups is 1. The molecule has 0 spiro atoms. The van der Waals surface area contributed by atoms with E-state index < -0.39 is 0 Å². The average molecular weight is 531 g/mol. The lowest BCUT2D eigenvalue weighted by Crippen LogP contribution is -2.15. The zero-order valence-corrected chi connectivity index (χ0v) is 19.3. The number of carbonyl (C=O) groups excluding carboxylic acids is 1. The number of pyridine rings is 1. The topological polar surface area (TPSA) is 42.0 Å². The molecular weight excluding hydrogens is 516 g/mol. The summed E-state index contributed by atoms with van der Waals surface area (Å²) in [5.74, 6) is -0.175. The zero-order chi connectivity index (χ0) is 20.5. The van der Waals surface area contributed by atoms with E-state index in [1.807, 2.05) is 73.7 Å². The van der Waals surface area contributed by atoms with Crippen LogP contribution in [0.5, 0.6) is 0 Å². The first kappa shape index (κ1) is 20.1. The third-order valence-electron chi connectivity index (χ3n) is 4.66. The van der Waals surface area contributed by atoms with Crippen molar-refractivity contribution >= 4 is 66.0 Å². The van der Waals surface area contributed by atoms with Gasteiger partial charge in [0.1, 0.15) is 0 Å². The van der Waals surface area contributed by atoms with E-state index in [1.54, 1.807) is 0 Å². The molecule has 0 atom stereocenters. The van der Waals surface area contributed by atoms with Crippen LogP contribution in [0.3, 0.4) is 0 Å². The Morgan fingerprint density at radius 1 is 0.966 bits per heavy atom. The van der Waals surface area contributed by atoms with Crippen LogP contribution in [0.4, 0.5) is 5.69 Å². The molecule has 0 bridgehead atoms. The van der Waals surface area contributed by atoms with Crippen molar-refractivity contribution in [2.45, 2.75) is 6.92 Å². The molecule has 4 aromatic rings. The Morgan fingerprint density at radius 2 is 1.69 bits per heavy atom. The Kier molecular flexibility index (Phi) is 5.72. The van der Waals surface area contributed by atoms with Gasteiger partial charge in [0, 0.05) is 30.6 Å². The highest BCUT2D eigenvalue weighted by Crippen LogP contribution is 2.32. The number of anilines is 1. The summed E-state index contributed by atoms with van der Waals surface area (Å²) in [6, 6.07) is 20.8. The van der Waals surface area contributed by atoms with E-state index in [4.69, 9.17) is 16.6 Å². The van der Waals surface area contributed by atoms with Crippen molar-refractivity contribution in [3.63, 3.8) is 0 Å². The van der Waals surface area contributed by atoms with Crippen LogP contribution < -0.4 is 5.32 Å². The highest BCUT2D eigenvalue weighted by atomic mass is 79.9. The van der Waals surface area contributed by atoms with Gasteiger partial charge in [0.15, 0.2) is 0 Å². The van der Waals surface area contributed by atoms with Crippen LogP contribution in [0.15, 0.2) is 75.7 Å². The van der Waals surface area contributed by atoms with Crippen molar-refractivity contribution in [1.82, 2.24) is 4.98 Å². The van der Waals surface area contributed by atoms with Crippen molar-refractivity contribution in [3.05, 3.63) is 91.8 Å². The van der Waals surface area contributed by atoms with Gasteiger partial charge < -0.3 is 5.32 Å². The predicted octanol–water partition coefficient (Wildman–Crippen LogP) is 7.64. The normalized spacial score (nSPS) is 10.9. The molecule has 0 aliphatic rings. The molecule has 29 heavy (non-hydrogen) atoms. The van der Waals surface area contributed by atoms with Crippen molar-refractivity contribution in [2.75, 3.05) is 5.32 Å². The van der Waals surface area contributed by atoms with Gasteiger partial charge in [-0.25, -0.2) is 4.98 Å². The molecule has 1 amide bonds. The number of hydrogen-bond acceptors (Lipinski definition) is 2. The molecule has 3 nitrogen and oxygen atoms in total. The molecular formula is C23H15Br2ClN2O. The monoisotopic (exact) mass is 528 g/mol. The maximum Gasteiger partial charge on any atom is 0.256 e. The molecule has 1 heterocycles. The van der Waals surface area contributed by atoms with Crippen LogP contribution in [0.2, 0.25) is 5.02 Å². The minimum Gasteiger partial charge on any atom is -0.322 e. The first-order chi connectivity index (χ1) is 13.9. The fourth-order valence-electron chi connectivity index (χ4n) is 3.26. The van der Waals surface area contributed by atoms with Gasteiger partial charge >= 0.3 is 0 Å². The Morgan fingerprint density at radius 3 is 2.41 bits per heavy atom. The maximum atomic E-state index is 13.3. The SMILES string of the molecule is Cc1c(-c2ccc(Cl)cc2)nc2ccccc2c1C(=O)Nc1ccc(Br)c(Br)c1. The smallest absolute Gasteiger partial charge is 0.256 e. The summed E-state index contributed by atoms with van der Waals surface area (Å²) < 4.78 is 1.79. The van der Waals surface area contributed by atoms with Crippen molar-refractivity contribution in [2.24, 2.45) is 0 Å². The number of rotatable bonds is 3. The minimum absolute atomic E-state index is 0.175. The van der Waals surface area contributed by atoms with Crippen LogP contribution in [0.1, 0.15) is 15.9 Å². The summed E-state index contributed by atoms with van der Waals surface area (Å²) in [5.41, 5.74) is 4.59. The molecule has 0 unspecified atom stereocenters. The first-order valence-corrected chi connectivity index (χ1v) is 10.8. The van der Waals surface area contributed by atoms with Crippen LogP contribution in [-0.4, -0.2) is 10.9 Å². The number of nitrogens with zero attached hydrogens (tertiary/aromatic N) is 1. The maximum absolute atomic E-state index is 13.3. The summed E-state index contributed by atoms with van der Waals surface area (Å²) in [6.07, 6.45) is 0. The molecule has 4 rings (SSSR count). The molecule has 6 heteroatoms. The van der Waals surface area contributed by atoms with Crippen LogP contribution in [0, 0.1) is 6.92 Å². The number of amides is 1. The van der Waals surface area contributed by atoms with Gasteiger partial charge in [-0.05, 0) is 80.7 Å². The number of benzene rings is 3. The lowest BCUT2D eigenvalue weighted by Gasteiger charge is -2.15. The lowest BCUT2D eigenvalue weighted by molar-refractivity contribution is 0.102. The second kappa shape index (κ2) is 8.27. The molecule has 0 aliphatic carbocycles. The summed E-state index contributed by atoms with van der Waals surface area (Å²) >= 11 is 13.0. The highest BCUT2D eigenvalue weighted by Gasteiger charge is 2.19. The Labute approximate surface area is 190 Å². The number of fused-ring (bicyclic) bond motifs is 1. The van der Waals surface area contributed by atoms with E-state index in [2.05, 4.69) is 37.2 Å². The number of hydrogen-bond donors (Lipinski definition) is 1. The molecule has 0 aliphatic heterocycles. The quantitative estimate of drug-likeness (QED) is 0.296. The first-order valence-electron chi connectivity index (χ1n) is 8.86. The van der Waals surface area contributed by atoms with Gasteiger partial charge in [-0.1, -0.05) is 41.9 Å². The van der Waals surface area contributed by atoms with Gasteiger partial charge in [0.05, 0.1) is 16.8 Å². The van der Waals surface area contributed by atoms with E-state index in [1.165, 1.54) is 0 Å². The molecule has 0 fully saturated rings. The fourth-order valence-corrected chi connectivity index (χ4v) is 4.01. The molecule has 0 saturated carbocycles. The van der Waals surface area contributed by atoms with Crippen molar-refractivity contribution in [3.8, 4) is 11.3 Å². The van der Waals surface area contributed by atoms with Gasteiger partial charge in [-0.2, -0.15) is 0 Å². The third kappa shape index (κ3) is 4.08. The highest BCUT2D eigenvalue weighted by molar-refractivity contribution is 9.13. The Bertz CT molecular complexity index is 1240. The molecule has 1 N–H and O–H groups in total. The van der Waals surface area contributed by atoms with Crippen molar-refractivity contribution < 1.29 is 4.79 Å². The third-order valence-corrected chi connectivity index (χ3v) is 6.79. The van der Waals surface area contributed by atoms with Crippen molar-refractivity contribution in [1.29, 1.82) is 0 Å². The molecule has 144 valence electrons. The number of halogens is 3. The van der Waals surface area contributed by atoms with E-state index in [0.717, 1.165) is 36.7 Å². The zero-order valence-electron chi connectivity index (χ0n) is 15.3. The summed E-state index contributed by atoms with van der Waals surface area (Å²) in [5, 5.41) is 4.48. The molecule has 0 radical (unpaired) electrons. The van der Waals surface area contributed by atoms with Gasteiger partial charge in [0.25, 0.3) is 5.91 Å². The number of nitrogens with one attached hydrogen (secondary N) is 1. The molecule has 1 aromatic heterocycles. The molecule has 3 aromatic carbocycles. The van der Waals surface area contributed by atoms with Crippen LogP contribution >= 0.6 is 43.5 Å². The Hall–Kier alpha value is -2.21. The van der Waals surface area contributed by atoms with Gasteiger partial charge in [-0.3, -0.25) is 4.79 Å². The Balaban J connectivity index is 1.85. The summed E-state index contributed by atoms with van der Waals surface area (Å²) in [6.45, 7) is 1.93. The predicted molar refractivity (Wildman–Crippen MR) is 127 cm³/mol. The van der Waals surface area contributed by atoms with Gasteiger partial charge in [-0.15, -0.1) is 0 Å². The average Bonchev–Trinajstić information content (AvgIpc) is 2.71. The number of para-hydroxylation sites is 1. The molecule has 0 saturated heterocycles. The number of aromatic nitrogens is 1. The van der Waals surface area contributed by atoms with E-state index >= 15 is 0 Å². The van der Waals surface area contributed by atoms with E-state index in [-0.39, 0.29) is 5.91 Å². The van der Waals surface area contributed by atoms with Crippen LogP contribution in [0.25, 0.3) is 22.2 Å². The van der Waals surface area contributed by atoms with Crippen LogP contribution in [-0.2, 0) is 0 Å². The minimum atomic E-state index is -0.175. The fraction of sp³-hybridized carbons (Fsp3) is 0.0435. The largest absolute Gasteiger partial charge is 0.322 e. The standard InChI is InChI=1S/C23H15Br2ClN2O/c1-13-21(23(29)27-16-10-11-18(24)19(25)12-16)17-4-2-3-5-20(17)28-22(13)14-6-8-15(26)9-7-14/h2-12H,1H3,(H,27,29). The second-order valence-corrected chi connectivity index (χ2v) is 8.71. The summed E-state index contributed by atoms with van der Waals surface area (Å²) in [4.78, 5) is 18.1. The second-order valence-electron chi connectivity index (χ2n) is 6.57. The lowest BCUT2D eigenvalue weighted by atomic mass is 9.97.